The van der Waals surface area contributed by atoms with Crippen LogP contribution < -0.4 is 0 Å². The molecule has 0 fully saturated rings. The molecule has 0 N–H and O–H groups in total. The maximum absolute atomic E-state index is 12.7. The smallest absolute Gasteiger partial charge is 0.226 e. The Hall–Kier alpha value is -2.92. The molecule has 0 bridgehead atoms. The summed E-state index contributed by atoms with van der Waals surface area (Å²) in [7, 11) is -3.37. The van der Waals surface area contributed by atoms with Gasteiger partial charge in [-0.15, -0.1) is 0 Å². The van der Waals surface area contributed by atoms with Crippen LogP contribution in [0.2, 0.25) is 0 Å². The highest BCUT2D eigenvalue weighted by Gasteiger charge is 2.18. The molecular formula is C21H17NO3S. The van der Waals surface area contributed by atoms with E-state index >= 15 is 0 Å². The SMILES string of the molecule is O=S(=O)(Cc1coc(-c2ccccc2)n1)Cc1cccc2ccccc12. The molecule has 0 unspecified atom stereocenters. The van der Waals surface area contributed by atoms with Crippen molar-refractivity contribution in [3.8, 4) is 11.5 Å². The molecule has 0 aliphatic rings. The summed E-state index contributed by atoms with van der Waals surface area (Å²) < 4.78 is 30.8. The Kier molecular flexibility index (Phi) is 4.31. The largest absolute Gasteiger partial charge is 0.444 e. The van der Waals surface area contributed by atoms with Crippen LogP contribution in [-0.4, -0.2) is 13.4 Å². The molecular weight excluding hydrogens is 346 g/mol. The minimum atomic E-state index is -3.37. The molecule has 1 aromatic heterocycles. The van der Waals surface area contributed by atoms with E-state index in [1.807, 2.05) is 72.8 Å². The van der Waals surface area contributed by atoms with E-state index in [4.69, 9.17) is 4.42 Å². The summed E-state index contributed by atoms with van der Waals surface area (Å²) in [5, 5.41) is 2.00. The molecule has 0 saturated carbocycles. The van der Waals surface area contributed by atoms with Gasteiger partial charge in [-0.1, -0.05) is 60.7 Å². The van der Waals surface area contributed by atoms with Crippen molar-refractivity contribution in [3.63, 3.8) is 0 Å². The highest BCUT2D eigenvalue weighted by molar-refractivity contribution is 7.89. The number of benzene rings is 3. The molecule has 5 heteroatoms. The van der Waals surface area contributed by atoms with Gasteiger partial charge < -0.3 is 4.42 Å². The van der Waals surface area contributed by atoms with E-state index < -0.39 is 9.84 Å². The van der Waals surface area contributed by atoms with Crippen LogP contribution >= 0.6 is 0 Å². The Balaban J connectivity index is 1.57. The van der Waals surface area contributed by atoms with E-state index in [0.29, 0.717) is 11.6 Å². The Morgan fingerprint density at radius 3 is 2.38 bits per heavy atom. The summed E-state index contributed by atoms with van der Waals surface area (Å²) in [6.45, 7) is 0. The van der Waals surface area contributed by atoms with Gasteiger partial charge in [-0.05, 0) is 28.5 Å². The number of hydrogen-bond acceptors (Lipinski definition) is 4. The maximum Gasteiger partial charge on any atom is 0.226 e. The average molecular weight is 363 g/mol. The van der Waals surface area contributed by atoms with Gasteiger partial charge in [0.15, 0.2) is 9.84 Å². The van der Waals surface area contributed by atoms with Gasteiger partial charge in [0.2, 0.25) is 5.89 Å². The zero-order chi connectivity index (χ0) is 18.0. The van der Waals surface area contributed by atoms with E-state index in [1.54, 1.807) is 0 Å². The predicted octanol–water partition coefficient (Wildman–Crippen LogP) is 4.61. The molecule has 0 spiro atoms. The molecule has 4 nitrogen and oxygen atoms in total. The number of nitrogens with zero attached hydrogens (tertiary/aromatic N) is 1. The first-order chi connectivity index (χ1) is 12.6. The topological polar surface area (TPSA) is 60.2 Å². The van der Waals surface area contributed by atoms with Gasteiger partial charge in [0.25, 0.3) is 0 Å². The van der Waals surface area contributed by atoms with Crippen molar-refractivity contribution in [3.05, 3.63) is 90.3 Å². The third-order valence-corrected chi connectivity index (χ3v) is 5.68. The molecule has 0 saturated heterocycles. The fourth-order valence-corrected chi connectivity index (χ4v) is 4.43. The van der Waals surface area contributed by atoms with Crippen molar-refractivity contribution in [2.75, 3.05) is 0 Å². The van der Waals surface area contributed by atoms with Crippen molar-refractivity contribution in [1.29, 1.82) is 0 Å². The van der Waals surface area contributed by atoms with E-state index in [2.05, 4.69) is 4.98 Å². The second-order valence-corrected chi connectivity index (χ2v) is 8.25. The van der Waals surface area contributed by atoms with E-state index in [-0.39, 0.29) is 11.5 Å². The van der Waals surface area contributed by atoms with Crippen LogP contribution in [0.3, 0.4) is 0 Å². The molecule has 4 aromatic rings. The van der Waals surface area contributed by atoms with Gasteiger partial charge in [0, 0.05) is 5.56 Å². The lowest BCUT2D eigenvalue weighted by molar-refractivity contribution is 0.571. The Bertz CT molecular complexity index is 1140. The standard InChI is InChI=1S/C21H17NO3S/c23-26(24,14-18-11-6-10-16-7-4-5-12-20(16)18)15-19-13-25-21(22-19)17-8-2-1-3-9-17/h1-13H,14-15H2. The van der Waals surface area contributed by atoms with Crippen molar-refractivity contribution >= 4 is 20.6 Å². The molecule has 0 aliphatic heterocycles. The third kappa shape index (κ3) is 3.53. The minimum absolute atomic E-state index is 0.0259. The van der Waals surface area contributed by atoms with Gasteiger partial charge in [-0.3, -0.25) is 0 Å². The first kappa shape index (κ1) is 16.5. The first-order valence-corrected chi connectivity index (χ1v) is 10.1. The lowest BCUT2D eigenvalue weighted by atomic mass is 10.1. The number of hydrogen-bond donors (Lipinski definition) is 0. The highest BCUT2D eigenvalue weighted by Crippen LogP contribution is 2.23. The Morgan fingerprint density at radius 1 is 0.808 bits per heavy atom. The van der Waals surface area contributed by atoms with Crippen LogP contribution in [0.4, 0.5) is 0 Å². The predicted molar refractivity (Wildman–Crippen MR) is 102 cm³/mol. The molecule has 0 atom stereocenters. The lowest BCUT2D eigenvalue weighted by Gasteiger charge is -2.07. The summed E-state index contributed by atoms with van der Waals surface area (Å²) in [4.78, 5) is 4.32. The minimum Gasteiger partial charge on any atom is -0.444 e. The number of fused-ring (bicyclic) bond motifs is 1. The zero-order valence-electron chi connectivity index (χ0n) is 14.0. The van der Waals surface area contributed by atoms with Crippen LogP contribution in [0.25, 0.3) is 22.2 Å². The van der Waals surface area contributed by atoms with Crippen LogP contribution in [0, 0.1) is 0 Å². The van der Waals surface area contributed by atoms with Crippen LogP contribution in [0.15, 0.2) is 83.5 Å². The molecule has 4 rings (SSSR count). The molecule has 26 heavy (non-hydrogen) atoms. The lowest BCUT2D eigenvalue weighted by Crippen LogP contribution is -2.08. The van der Waals surface area contributed by atoms with Crippen molar-refractivity contribution in [2.45, 2.75) is 11.5 Å². The number of rotatable bonds is 5. The van der Waals surface area contributed by atoms with Gasteiger partial charge in [-0.2, -0.15) is 0 Å². The van der Waals surface area contributed by atoms with Crippen LogP contribution in [-0.2, 0) is 21.3 Å². The normalized spacial score (nSPS) is 11.7. The zero-order valence-corrected chi connectivity index (χ0v) is 14.8. The molecule has 0 aliphatic carbocycles. The fourth-order valence-electron chi connectivity index (χ4n) is 3.02. The molecule has 0 amide bonds. The number of sulfone groups is 1. The second-order valence-electron chi connectivity index (χ2n) is 6.18. The van der Waals surface area contributed by atoms with Gasteiger partial charge in [0.05, 0.1) is 17.2 Å². The average Bonchev–Trinajstić information content (AvgIpc) is 3.10. The molecule has 130 valence electrons. The number of oxazole rings is 1. The summed E-state index contributed by atoms with van der Waals surface area (Å²) in [5.41, 5.74) is 2.05. The third-order valence-electron chi connectivity index (χ3n) is 4.20. The Labute approximate surface area is 152 Å². The quantitative estimate of drug-likeness (QED) is 0.519. The van der Waals surface area contributed by atoms with E-state index in [0.717, 1.165) is 21.9 Å². The summed E-state index contributed by atoms with van der Waals surface area (Å²) in [6, 6.07) is 22.9. The Morgan fingerprint density at radius 2 is 1.54 bits per heavy atom. The van der Waals surface area contributed by atoms with Crippen molar-refractivity contribution in [2.24, 2.45) is 0 Å². The molecule has 3 aromatic carbocycles. The first-order valence-electron chi connectivity index (χ1n) is 8.28. The highest BCUT2D eigenvalue weighted by atomic mass is 32.2. The second kappa shape index (κ2) is 6.77. The van der Waals surface area contributed by atoms with Gasteiger partial charge in [0.1, 0.15) is 6.26 Å². The monoisotopic (exact) mass is 363 g/mol. The number of aromatic nitrogens is 1. The summed E-state index contributed by atoms with van der Waals surface area (Å²) in [5.74, 6) is 0.259. The van der Waals surface area contributed by atoms with Crippen LogP contribution in [0.5, 0.6) is 0 Å². The maximum atomic E-state index is 12.7. The van der Waals surface area contributed by atoms with Gasteiger partial charge in [-0.25, -0.2) is 13.4 Å². The summed E-state index contributed by atoms with van der Waals surface area (Å²) >= 11 is 0. The van der Waals surface area contributed by atoms with Crippen LogP contribution in [0.1, 0.15) is 11.3 Å². The van der Waals surface area contributed by atoms with E-state index in [1.165, 1.54) is 6.26 Å². The molecule has 0 radical (unpaired) electrons. The van der Waals surface area contributed by atoms with Crippen molar-refractivity contribution in [1.82, 2.24) is 4.98 Å². The fraction of sp³-hybridized carbons (Fsp3) is 0.0952. The summed E-state index contributed by atoms with van der Waals surface area (Å²) in [6.07, 6.45) is 1.42. The van der Waals surface area contributed by atoms with E-state index in [9.17, 15) is 8.42 Å². The van der Waals surface area contributed by atoms with Gasteiger partial charge >= 0.3 is 0 Å². The van der Waals surface area contributed by atoms with Crippen molar-refractivity contribution < 1.29 is 12.8 Å². The molecule has 1 heterocycles.